The second-order valence-electron chi connectivity index (χ2n) is 10.8. The molecule has 1 atom stereocenters. The molecule has 220 valence electrons. The van der Waals surface area contributed by atoms with Crippen molar-refractivity contribution in [2.24, 2.45) is 0 Å². The Hall–Kier alpha value is -3.85. The van der Waals surface area contributed by atoms with Crippen molar-refractivity contribution in [3.63, 3.8) is 0 Å². The second-order valence-corrected chi connectivity index (χ2v) is 12.7. The molecule has 0 aliphatic carbocycles. The van der Waals surface area contributed by atoms with E-state index in [2.05, 4.69) is 5.32 Å². The largest absolute Gasteiger partial charge is 0.492 e. The van der Waals surface area contributed by atoms with Gasteiger partial charge >= 0.3 is 0 Å². The highest BCUT2D eigenvalue weighted by molar-refractivity contribution is 7.92. The highest BCUT2D eigenvalue weighted by atomic mass is 32.2. The van der Waals surface area contributed by atoms with Crippen LogP contribution in [0, 0.1) is 6.92 Å². The average Bonchev–Trinajstić information content (AvgIpc) is 2.92. The van der Waals surface area contributed by atoms with E-state index in [4.69, 9.17) is 4.74 Å². The van der Waals surface area contributed by atoms with Crippen molar-refractivity contribution in [2.45, 2.75) is 71.0 Å². The summed E-state index contributed by atoms with van der Waals surface area (Å²) in [5, 5.41) is 2.99. The maximum atomic E-state index is 14.3. The molecule has 0 aliphatic rings. The number of nitrogens with zero attached hydrogens (tertiary/aromatic N) is 2. The van der Waals surface area contributed by atoms with Gasteiger partial charge in [0.05, 0.1) is 17.2 Å². The van der Waals surface area contributed by atoms with Crippen molar-refractivity contribution in [3.05, 3.63) is 90.0 Å². The molecule has 8 nitrogen and oxygen atoms in total. The molecule has 3 aromatic carbocycles. The molecule has 0 saturated heterocycles. The van der Waals surface area contributed by atoms with Crippen LogP contribution in [0.3, 0.4) is 0 Å². The van der Waals surface area contributed by atoms with E-state index in [1.54, 1.807) is 42.5 Å². The van der Waals surface area contributed by atoms with E-state index < -0.39 is 34.1 Å². The second kappa shape index (κ2) is 13.7. The predicted molar refractivity (Wildman–Crippen MR) is 162 cm³/mol. The highest BCUT2D eigenvalue weighted by Crippen LogP contribution is 2.33. The number of hydrogen-bond acceptors (Lipinski definition) is 5. The zero-order valence-electron chi connectivity index (χ0n) is 24.8. The standard InChI is InChI=1S/C32H41N3O5S/c1-7-27(31(37)33-32(4,5)6)34(22-25-17-13-12-16-24(25)3)30(36)23-35(28-20-14-15-21-29(28)40-8-2)41(38,39)26-18-10-9-11-19-26/h9-21,27H,7-8,22-23H2,1-6H3,(H,33,37)/t27-/m1/s1. The Bertz CT molecular complexity index is 1430. The van der Waals surface area contributed by atoms with Crippen LogP contribution in [-0.4, -0.2) is 49.9 Å². The molecule has 0 radical (unpaired) electrons. The lowest BCUT2D eigenvalue weighted by Crippen LogP contribution is -2.55. The van der Waals surface area contributed by atoms with Gasteiger partial charge in [0.25, 0.3) is 10.0 Å². The number of carbonyl (C=O) groups is 2. The number of rotatable bonds is 12. The van der Waals surface area contributed by atoms with E-state index in [1.165, 1.54) is 17.0 Å². The number of ether oxygens (including phenoxy) is 1. The Morgan fingerprint density at radius 1 is 0.902 bits per heavy atom. The Morgan fingerprint density at radius 3 is 2.12 bits per heavy atom. The fraction of sp³-hybridized carbons (Fsp3) is 0.375. The number of aryl methyl sites for hydroxylation is 1. The molecule has 3 rings (SSSR count). The lowest BCUT2D eigenvalue weighted by molar-refractivity contribution is -0.141. The summed E-state index contributed by atoms with van der Waals surface area (Å²) in [4.78, 5) is 29.3. The first kappa shape index (κ1) is 31.7. The molecule has 0 aromatic heterocycles. The number of carbonyl (C=O) groups excluding carboxylic acids is 2. The van der Waals surface area contributed by atoms with Crippen molar-refractivity contribution in [1.29, 1.82) is 0 Å². The van der Waals surface area contributed by atoms with Crippen molar-refractivity contribution in [3.8, 4) is 5.75 Å². The number of anilines is 1. The molecule has 1 N–H and O–H groups in total. The Balaban J connectivity index is 2.12. The summed E-state index contributed by atoms with van der Waals surface area (Å²) in [7, 11) is -4.18. The Kier molecular flexibility index (Phi) is 10.6. The normalized spacial score (nSPS) is 12.3. The maximum Gasteiger partial charge on any atom is 0.264 e. The molecule has 2 amide bonds. The number of sulfonamides is 1. The van der Waals surface area contributed by atoms with Gasteiger partial charge in [0.15, 0.2) is 0 Å². The summed E-state index contributed by atoms with van der Waals surface area (Å²) in [6, 6.07) is 21.6. The number of hydrogen-bond donors (Lipinski definition) is 1. The molecule has 0 spiro atoms. The van der Waals surface area contributed by atoms with Crippen LogP contribution in [0.2, 0.25) is 0 Å². The number of benzene rings is 3. The maximum absolute atomic E-state index is 14.3. The smallest absolute Gasteiger partial charge is 0.264 e. The van der Waals surface area contributed by atoms with Crippen LogP contribution in [0.4, 0.5) is 5.69 Å². The van der Waals surface area contributed by atoms with E-state index in [1.807, 2.05) is 65.8 Å². The van der Waals surface area contributed by atoms with Crippen molar-refractivity contribution >= 4 is 27.5 Å². The monoisotopic (exact) mass is 579 g/mol. The SMILES string of the molecule is CCOc1ccccc1N(CC(=O)N(Cc1ccccc1C)[C@H](CC)C(=O)NC(C)(C)C)S(=O)(=O)c1ccccc1. The fourth-order valence-corrected chi connectivity index (χ4v) is 5.96. The first-order chi connectivity index (χ1) is 19.4. The molecule has 0 bridgehead atoms. The summed E-state index contributed by atoms with van der Waals surface area (Å²) < 4.78 is 34.9. The average molecular weight is 580 g/mol. The third-order valence-electron chi connectivity index (χ3n) is 6.53. The summed E-state index contributed by atoms with van der Waals surface area (Å²) in [6.07, 6.45) is 0.348. The van der Waals surface area contributed by atoms with Crippen molar-refractivity contribution in [2.75, 3.05) is 17.5 Å². The van der Waals surface area contributed by atoms with Gasteiger partial charge in [0, 0.05) is 12.1 Å². The van der Waals surface area contributed by atoms with Gasteiger partial charge < -0.3 is 15.0 Å². The summed E-state index contributed by atoms with van der Waals surface area (Å²) in [6.45, 7) is 11.2. The lowest BCUT2D eigenvalue weighted by atomic mass is 10.0. The van der Waals surface area contributed by atoms with Crippen LogP contribution in [0.15, 0.2) is 83.8 Å². The van der Waals surface area contributed by atoms with Gasteiger partial charge in [-0.2, -0.15) is 0 Å². The first-order valence-electron chi connectivity index (χ1n) is 13.8. The minimum Gasteiger partial charge on any atom is -0.492 e. The molecule has 0 saturated carbocycles. The van der Waals surface area contributed by atoms with Gasteiger partial charge in [-0.3, -0.25) is 13.9 Å². The van der Waals surface area contributed by atoms with Gasteiger partial charge in [-0.15, -0.1) is 0 Å². The highest BCUT2D eigenvalue weighted by Gasteiger charge is 2.35. The van der Waals surface area contributed by atoms with Crippen LogP contribution >= 0.6 is 0 Å². The summed E-state index contributed by atoms with van der Waals surface area (Å²) >= 11 is 0. The molecule has 41 heavy (non-hydrogen) atoms. The van der Waals surface area contributed by atoms with E-state index in [-0.39, 0.29) is 23.0 Å². The van der Waals surface area contributed by atoms with Crippen molar-refractivity contribution < 1.29 is 22.7 Å². The van der Waals surface area contributed by atoms with Gasteiger partial charge in [-0.05, 0) is 76.4 Å². The van der Waals surface area contributed by atoms with Gasteiger partial charge in [0.2, 0.25) is 11.8 Å². The van der Waals surface area contributed by atoms with Crippen LogP contribution < -0.4 is 14.4 Å². The van der Waals surface area contributed by atoms with Crippen LogP contribution in [0.25, 0.3) is 0 Å². The predicted octanol–water partition coefficient (Wildman–Crippen LogP) is 5.31. The minimum absolute atomic E-state index is 0.0436. The number of para-hydroxylation sites is 2. The van der Waals surface area contributed by atoms with Gasteiger partial charge in [-0.25, -0.2) is 8.42 Å². The molecule has 3 aromatic rings. The van der Waals surface area contributed by atoms with Crippen LogP contribution in [0.5, 0.6) is 5.75 Å². The molecular formula is C32H41N3O5S. The van der Waals surface area contributed by atoms with Crippen LogP contribution in [-0.2, 0) is 26.2 Å². The van der Waals surface area contributed by atoms with E-state index in [0.717, 1.165) is 15.4 Å². The zero-order valence-corrected chi connectivity index (χ0v) is 25.6. The number of nitrogens with one attached hydrogen (secondary N) is 1. The first-order valence-corrected chi connectivity index (χ1v) is 15.3. The van der Waals surface area contributed by atoms with E-state index in [0.29, 0.717) is 18.8 Å². The van der Waals surface area contributed by atoms with Gasteiger partial charge in [0.1, 0.15) is 18.3 Å². The van der Waals surface area contributed by atoms with Crippen molar-refractivity contribution in [1.82, 2.24) is 10.2 Å². The third kappa shape index (κ3) is 8.10. The zero-order chi connectivity index (χ0) is 30.2. The summed E-state index contributed by atoms with van der Waals surface area (Å²) in [5.74, 6) is -0.464. The minimum atomic E-state index is -4.18. The Morgan fingerprint density at radius 2 is 1.51 bits per heavy atom. The summed E-state index contributed by atoms with van der Waals surface area (Å²) in [5.41, 5.74) is 1.57. The molecule has 0 fully saturated rings. The fourth-order valence-electron chi connectivity index (χ4n) is 4.52. The van der Waals surface area contributed by atoms with Crippen LogP contribution in [0.1, 0.15) is 52.2 Å². The molecule has 0 unspecified atom stereocenters. The Labute approximate surface area is 244 Å². The van der Waals surface area contributed by atoms with E-state index in [9.17, 15) is 18.0 Å². The molecule has 9 heteroatoms. The van der Waals surface area contributed by atoms with E-state index >= 15 is 0 Å². The topological polar surface area (TPSA) is 96.0 Å². The lowest BCUT2D eigenvalue weighted by Gasteiger charge is -2.35. The molecule has 0 heterocycles. The van der Waals surface area contributed by atoms with Gasteiger partial charge in [-0.1, -0.05) is 61.5 Å². The quantitative estimate of drug-likeness (QED) is 0.314. The molecule has 0 aliphatic heterocycles. The molecular weight excluding hydrogens is 538 g/mol. The third-order valence-corrected chi connectivity index (χ3v) is 8.30. The number of amides is 2.